The SMILES string of the molecule is C[C@@H](Oc1ccc(F)cc1Br)C(=O)N1CCC2(CC1)OCCO2. The maximum atomic E-state index is 13.1. The van der Waals surface area contributed by atoms with Crippen LogP contribution in [0.1, 0.15) is 19.8 Å². The number of piperidine rings is 1. The van der Waals surface area contributed by atoms with Crippen LogP contribution in [-0.2, 0) is 14.3 Å². The third-order valence-electron chi connectivity index (χ3n) is 4.20. The van der Waals surface area contributed by atoms with Gasteiger partial charge in [-0.3, -0.25) is 4.79 Å². The van der Waals surface area contributed by atoms with Gasteiger partial charge in [0.15, 0.2) is 11.9 Å². The van der Waals surface area contributed by atoms with Crippen LogP contribution in [0.3, 0.4) is 0 Å². The fourth-order valence-electron chi connectivity index (χ4n) is 2.92. The maximum Gasteiger partial charge on any atom is 0.263 e. The van der Waals surface area contributed by atoms with E-state index in [1.165, 1.54) is 18.2 Å². The van der Waals surface area contributed by atoms with Crippen molar-refractivity contribution in [3.8, 4) is 5.75 Å². The molecule has 1 aromatic rings. The number of likely N-dealkylation sites (tertiary alicyclic amines) is 1. The van der Waals surface area contributed by atoms with Gasteiger partial charge in [-0.25, -0.2) is 4.39 Å². The van der Waals surface area contributed by atoms with Crippen molar-refractivity contribution in [1.82, 2.24) is 4.90 Å². The molecular formula is C16H19BrFNO4. The van der Waals surface area contributed by atoms with E-state index in [0.717, 1.165) is 0 Å². The van der Waals surface area contributed by atoms with E-state index in [4.69, 9.17) is 14.2 Å². The Hall–Kier alpha value is -1.18. The Labute approximate surface area is 142 Å². The monoisotopic (exact) mass is 387 g/mol. The molecule has 2 aliphatic heterocycles. The average molecular weight is 388 g/mol. The molecule has 0 unspecified atom stereocenters. The summed E-state index contributed by atoms with van der Waals surface area (Å²) in [7, 11) is 0. The molecule has 2 fully saturated rings. The van der Waals surface area contributed by atoms with Crippen molar-refractivity contribution >= 4 is 21.8 Å². The summed E-state index contributed by atoms with van der Waals surface area (Å²) in [6.07, 6.45) is 0.702. The first-order valence-electron chi connectivity index (χ1n) is 7.67. The summed E-state index contributed by atoms with van der Waals surface area (Å²) in [5, 5.41) is 0. The van der Waals surface area contributed by atoms with E-state index < -0.39 is 11.9 Å². The van der Waals surface area contributed by atoms with E-state index in [0.29, 0.717) is 49.4 Å². The van der Waals surface area contributed by atoms with Gasteiger partial charge in [-0.05, 0) is 41.1 Å². The first kappa shape index (κ1) is 16.7. The predicted molar refractivity (Wildman–Crippen MR) is 84.6 cm³/mol. The molecule has 0 radical (unpaired) electrons. The van der Waals surface area contributed by atoms with Crippen molar-refractivity contribution in [2.24, 2.45) is 0 Å². The van der Waals surface area contributed by atoms with E-state index in [2.05, 4.69) is 15.9 Å². The Balaban J connectivity index is 1.57. The van der Waals surface area contributed by atoms with Crippen molar-refractivity contribution in [3.05, 3.63) is 28.5 Å². The Bertz CT molecular complexity index is 581. The Kier molecular flexibility index (Phi) is 4.89. The Morgan fingerprint density at radius 1 is 1.35 bits per heavy atom. The van der Waals surface area contributed by atoms with Crippen LogP contribution in [0.2, 0.25) is 0 Å². The highest BCUT2D eigenvalue weighted by Crippen LogP contribution is 2.32. The number of carbonyl (C=O) groups is 1. The fraction of sp³-hybridized carbons (Fsp3) is 0.562. The number of ether oxygens (including phenoxy) is 3. The van der Waals surface area contributed by atoms with Gasteiger partial charge in [-0.15, -0.1) is 0 Å². The van der Waals surface area contributed by atoms with Gasteiger partial charge in [0.1, 0.15) is 11.6 Å². The molecular weight excluding hydrogens is 369 g/mol. The second-order valence-electron chi connectivity index (χ2n) is 5.77. The zero-order valence-corrected chi connectivity index (χ0v) is 14.5. The average Bonchev–Trinajstić information content (AvgIpc) is 2.98. The molecule has 7 heteroatoms. The molecule has 1 spiro atoms. The topological polar surface area (TPSA) is 48.0 Å². The van der Waals surface area contributed by atoms with Gasteiger partial charge in [0.25, 0.3) is 5.91 Å². The van der Waals surface area contributed by atoms with Crippen LogP contribution in [-0.4, -0.2) is 49.0 Å². The minimum Gasteiger partial charge on any atom is -0.480 e. The third kappa shape index (κ3) is 3.67. The lowest BCUT2D eigenvalue weighted by atomic mass is 10.0. The van der Waals surface area contributed by atoms with Crippen LogP contribution in [0.25, 0.3) is 0 Å². The molecule has 0 aromatic heterocycles. The third-order valence-corrected chi connectivity index (χ3v) is 4.82. The largest absolute Gasteiger partial charge is 0.480 e. The molecule has 23 heavy (non-hydrogen) atoms. The number of nitrogens with zero attached hydrogens (tertiary/aromatic N) is 1. The minimum atomic E-state index is -0.642. The van der Waals surface area contributed by atoms with Gasteiger partial charge in [0, 0.05) is 25.9 Å². The molecule has 3 rings (SSSR count). The van der Waals surface area contributed by atoms with Crippen molar-refractivity contribution in [3.63, 3.8) is 0 Å². The molecule has 0 bridgehead atoms. The second kappa shape index (κ2) is 6.75. The molecule has 5 nitrogen and oxygen atoms in total. The summed E-state index contributed by atoms with van der Waals surface area (Å²) >= 11 is 3.24. The van der Waals surface area contributed by atoms with Crippen molar-refractivity contribution < 1.29 is 23.4 Å². The zero-order valence-electron chi connectivity index (χ0n) is 12.9. The first-order chi connectivity index (χ1) is 11.0. The first-order valence-corrected chi connectivity index (χ1v) is 8.47. The van der Waals surface area contributed by atoms with E-state index in [9.17, 15) is 9.18 Å². The molecule has 1 amide bonds. The lowest BCUT2D eigenvalue weighted by Gasteiger charge is -2.38. The summed E-state index contributed by atoms with van der Waals surface area (Å²) in [5.41, 5.74) is 0. The van der Waals surface area contributed by atoms with Crippen LogP contribution in [0.4, 0.5) is 4.39 Å². The van der Waals surface area contributed by atoms with Crippen LogP contribution < -0.4 is 4.74 Å². The molecule has 0 N–H and O–H groups in total. The van der Waals surface area contributed by atoms with Crippen molar-refractivity contribution in [2.45, 2.75) is 31.7 Å². The summed E-state index contributed by atoms with van der Waals surface area (Å²) in [5.74, 6) is -0.501. The van der Waals surface area contributed by atoms with E-state index in [-0.39, 0.29) is 11.7 Å². The highest BCUT2D eigenvalue weighted by atomic mass is 79.9. The van der Waals surface area contributed by atoms with Crippen molar-refractivity contribution in [1.29, 1.82) is 0 Å². The summed E-state index contributed by atoms with van der Waals surface area (Å²) in [6.45, 7) is 4.09. The molecule has 2 saturated heterocycles. The van der Waals surface area contributed by atoms with Gasteiger partial charge in [0.2, 0.25) is 0 Å². The lowest BCUT2D eigenvalue weighted by molar-refractivity contribution is -0.188. The maximum absolute atomic E-state index is 13.1. The smallest absolute Gasteiger partial charge is 0.263 e. The van der Waals surface area contributed by atoms with Crippen molar-refractivity contribution in [2.75, 3.05) is 26.3 Å². The van der Waals surface area contributed by atoms with Gasteiger partial charge in [-0.2, -0.15) is 0 Å². The standard InChI is InChI=1S/C16H19BrFNO4/c1-11(23-14-3-2-12(18)10-13(14)17)15(20)19-6-4-16(5-7-19)21-8-9-22-16/h2-3,10-11H,4-9H2,1H3/t11-/m1/s1. The Morgan fingerprint density at radius 3 is 2.61 bits per heavy atom. The van der Waals surface area contributed by atoms with E-state index in [1.807, 2.05) is 0 Å². The normalized spacial score (nSPS) is 21.4. The lowest BCUT2D eigenvalue weighted by Crippen LogP contribution is -2.50. The Morgan fingerprint density at radius 2 is 2.00 bits per heavy atom. The summed E-state index contributed by atoms with van der Waals surface area (Å²) in [4.78, 5) is 14.3. The molecule has 2 heterocycles. The highest BCUT2D eigenvalue weighted by Gasteiger charge is 2.41. The molecule has 126 valence electrons. The fourth-order valence-corrected chi connectivity index (χ4v) is 3.37. The summed E-state index contributed by atoms with van der Waals surface area (Å²) in [6, 6.07) is 4.12. The number of benzene rings is 1. The number of halogens is 2. The molecule has 0 saturated carbocycles. The molecule has 1 aromatic carbocycles. The van der Waals surface area contributed by atoms with Gasteiger partial charge >= 0.3 is 0 Å². The predicted octanol–water partition coefficient (Wildman–Crippen LogP) is 2.72. The number of carbonyl (C=O) groups excluding carboxylic acids is 1. The second-order valence-corrected chi connectivity index (χ2v) is 6.62. The quantitative estimate of drug-likeness (QED) is 0.799. The summed E-state index contributed by atoms with van der Waals surface area (Å²) < 4.78 is 30.6. The molecule has 1 atom stereocenters. The van der Waals surface area contributed by atoms with E-state index >= 15 is 0 Å². The van der Waals surface area contributed by atoms with Gasteiger partial charge < -0.3 is 19.1 Å². The van der Waals surface area contributed by atoms with Gasteiger partial charge in [0.05, 0.1) is 17.7 Å². The molecule has 2 aliphatic rings. The molecule has 0 aliphatic carbocycles. The van der Waals surface area contributed by atoms with Gasteiger partial charge in [-0.1, -0.05) is 0 Å². The van der Waals surface area contributed by atoms with Crippen LogP contribution in [0.5, 0.6) is 5.75 Å². The highest BCUT2D eigenvalue weighted by molar-refractivity contribution is 9.10. The van der Waals surface area contributed by atoms with Crippen LogP contribution in [0, 0.1) is 5.82 Å². The zero-order chi connectivity index (χ0) is 16.4. The number of rotatable bonds is 3. The van der Waals surface area contributed by atoms with Crippen LogP contribution >= 0.6 is 15.9 Å². The van der Waals surface area contributed by atoms with E-state index in [1.54, 1.807) is 11.8 Å². The minimum absolute atomic E-state index is 0.0888. The number of hydrogen-bond acceptors (Lipinski definition) is 4. The van der Waals surface area contributed by atoms with Crippen LogP contribution in [0.15, 0.2) is 22.7 Å². The number of amides is 1. The number of hydrogen-bond donors (Lipinski definition) is 0.